The minimum atomic E-state index is -0.584. The lowest BCUT2D eigenvalue weighted by Crippen LogP contribution is -2.65. The Morgan fingerprint density at radius 2 is 2.00 bits per heavy atom. The van der Waals surface area contributed by atoms with Crippen LogP contribution in [0.15, 0.2) is 18.2 Å². The Balaban J connectivity index is 1.50. The topological polar surface area (TPSA) is 54.0 Å². The first-order chi connectivity index (χ1) is 14.4. The molecule has 0 amide bonds. The van der Waals surface area contributed by atoms with Gasteiger partial charge in [-0.3, -0.25) is 0 Å². The summed E-state index contributed by atoms with van der Waals surface area (Å²) in [7, 11) is 1.07. The number of alkyl halides is 1. The lowest BCUT2D eigenvalue weighted by molar-refractivity contribution is -0.199. The molecule has 3 saturated carbocycles. The third kappa shape index (κ3) is 3.89. The van der Waals surface area contributed by atoms with Gasteiger partial charge in [0.1, 0.15) is 16.9 Å². The smallest absolute Gasteiger partial charge is 0.477 e. The maximum Gasteiger partial charge on any atom is 0.477 e. The van der Waals surface area contributed by atoms with E-state index in [4.69, 9.17) is 30.4 Å². The molecule has 1 heterocycles. The van der Waals surface area contributed by atoms with E-state index in [-0.39, 0.29) is 17.1 Å². The van der Waals surface area contributed by atoms with Crippen molar-refractivity contribution in [2.75, 3.05) is 7.11 Å². The zero-order chi connectivity index (χ0) is 22.8. The maximum atomic E-state index is 12.7. The van der Waals surface area contributed by atoms with Crippen LogP contribution in [0.3, 0.4) is 0 Å². The van der Waals surface area contributed by atoms with Crippen molar-refractivity contribution in [2.45, 2.75) is 83.4 Å². The summed E-state index contributed by atoms with van der Waals surface area (Å²) in [6.45, 7) is 12.4. The Labute approximate surface area is 191 Å². The van der Waals surface area contributed by atoms with Crippen LogP contribution < -0.4 is 4.74 Å². The Morgan fingerprint density at radius 3 is 2.61 bits per heavy atom. The van der Waals surface area contributed by atoms with Crippen molar-refractivity contribution in [1.82, 2.24) is 0 Å². The summed E-state index contributed by atoms with van der Waals surface area (Å²) in [5, 5.41) is -0.398. The first kappa shape index (κ1) is 22.9. The third-order valence-corrected chi connectivity index (χ3v) is 7.96. The van der Waals surface area contributed by atoms with Gasteiger partial charge in [-0.1, -0.05) is 26.0 Å². The molecule has 31 heavy (non-hydrogen) atoms. The fourth-order valence-corrected chi connectivity index (χ4v) is 6.12. The van der Waals surface area contributed by atoms with Gasteiger partial charge in [-0.15, -0.1) is 11.6 Å². The van der Waals surface area contributed by atoms with Gasteiger partial charge in [-0.25, -0.2) is 4.79 Å². The summed E-state index contributed by atoms with van der Waals surface area (Å²) >= 11 is 6.83. The van der Waals surface area contributed by atoms with E-state index in [0.717, 1.165) is 12.0 Å². The van der Waals surface area contributed by atoms with Crippen LogP contribution in [-0.4, -0.2) is 42.8 Å². The molecule has 1 aliphatic heterocycles. The Morgan fingerprint density at radius 1 is 1.29 bits per heavy atom. The van der Waals surface area contributed by atoms with E-state index >= 15 is 0 Å². The normalized spacial score (nSPS) is 32.1. The number of rotatable bonds is 5. The molecule has 2 bridgehead atoms. The molecule has 0 aromatic heterocycles. The minimum Gasteiger partial charge on any atom is -0.496 e. The standard InChI is InChI=1S/C24H34BClO5/c1-22(2,3)29-21(27)16-10-8-9-14(20(16)28-7)11-19(26)25-30-18-13-15-12-17(23(15,4)5)24(18,6)31-25/h8-10,15,17-19H,11-13H2,1-7H3/t15-,17-,18?,19?,24-/m0/s1. The van der Waals surface area contributed by atoms with Gasteiger partial charge in [-0.2, -0.15) is 0 Å². The molecule has 3 aliphatic carbocycles. The molecule has 4 fully saturated rings. The zero-order valence-electron chi connectivity index (χ0n) is 19.7. The van der Waals surface area contributed by atoms with Gasteiger partial charge in [0.15, 0.2) is 0 Å². The minimum absolute atomic E-state index is 0.0884. The monoisotopic (exact) mass is 448 g/mol. The number of para-hydroxylation sites is 1. The number of carbonyl (C=O) groups is 1. The number of halogens is 1. The van der Waals surface area contributed by atoms with Crippen LogP contribution >= 0.6 is 11.6 Å². The first-order valence-corrected chi connectivity index (χ1v) is 11.7. The summed E-state index contributed by atoms with van der Waals surface area (Å²) in [4.78, 5) is 12.7. The fraction of sp³-hybridized carbons (Fsp3) is 0.708. The van der Waals surface area contributed by atoms with E-state index < -0.39 is 24.0 Å². The molecule has 7 heteroatoms. The van der Waals surface area contributed by atoms with Gasteiger partial charge in [0.2, 0.25) is 0 Å². The van der Waals surface area contributed by atoms with E-state index in [2.05, 4.69) is 20.8 Å². The van der Waals surface area contributed by atoms with E-state index in [9.17, 15) is 4.79 Å². The van der Waals surface area contributed by atoms with Gasteiger partial charge in [0.25, 0.3) is 0 Å². The van der Waals surface area contributed by atoms with Crippen molar-refractivity contribution < 1.29 is 23.6 Å². The molecule has 2 unspecified atom stereocenters. The van der Waals surface area contributed by atoms with E-state index in [1.807, 2.05) is 32.9 Å². The Hall–Kier alpha value is -1.24. The van der Waals surface area contributed by atoms with E-state index in [1.165, 1.54) is 6.42 Å². The molecular formula is C24H34BClO5. The number of ether oxygens (including phenoxy) is 2. The molecule has 0 N–H and O–H groups in total. The molecule has 4 aliphatic rings. The zero-order valence-corrected chi connectivity index (χ0v) is 20.4. The van der Waals surface area contributed by atoms with E-state index in [1.54, 1.807) is 13.2 Å². The van der Waals surface area contributed by atoms with Crippen molar-refractivity contribution in [2.24, 2.45) is 17.3 Å². The molecule has 1 aromatic rings. The number of hydrogen-bond acceptors (Lipinski definition) is 5. The number of esters is 1. The maximum absolute atomic E-state index is 12.7. The second-order valence-electron chi connectivity index (χ2n) is 11.1. The van der Waals surface area contributed by atoms with Crippen molar-refractivity contribution in [1.29, 1.82) is 0 Å². The molecular weight excluding hydrogens is 415 g/mol. The highest BCUT2D eigenvalue weighted by atomic mass is 35.5. The van der Waals surface area contributed by atoms with Crippen molar-refractivity contribution in [3.8, 4) is 5.75 Å². The molecule has 5 atom stereocenters. The average molecular weight is 449 g/mol. The average Bonchev–Trinajstić information content (AvgIpc) is 3.03. The van der Waals surface area contributed by atoms with Crippen LogP contribution in [0.25, 0.3) is 0 Å². The number of benzene rings is 1. The summed E-state index contributed by atoms with van der Waals surface area (Å²) in [5.74, 6) is 1.26. The second kappa shape index (κ2) is 7.67. The molecule has 1 aromatic carbocycles. The summed E-state index contributed by atoms with van der Waals surface area (Å²) in [6.07, 6.45) is 2.78. The quantitative estimate of drug-likeness (QED) is 0.358. The van der Waals surface area contributed by atoms with Gasteiger partial charge in [0.05, 0.1) is 24.1 Å². The fourth-order valence-electron chi connectivity index (χ4n) is 5.84. The lowest BCUT2D eigenvalue weighted by Gasteiger charge is -2.64. The predicted molar refractivity (Wildman–Crippen MR) is 122 cm³/mol. The number of hydrogen-bond donors (Lipinski definition) is 0. The second-order valence-corrected chi connectivity index (χ2v) is 11.6. The Kier molecular flexibility index (Phi) is 5.68. The summed E-state index contributed by atoms with van der Waals surface area (Å²) in [5.41, 5.74) is 0.645. The number of methoxy groups -OCH3 is 1. The lowest BCUT2D eigenvalue weighted by atomic mass is 9.43. The first-order valence-electron chi connectivity index (χ1n) is 11.2. The highest BCUT2D eigenvalue weighted by molar-refractivity contribution is 6.60. The molecule has 1 saturated heterocycles. The highest BCUT2D eigenvalue weighted by Crippen LogP contribution is 2.65. The van der Waals surface area contributed by atoms with Gasteiger partial charge in [0, 0.05) is 0 Å². The Bertz CT molecular complexity index is 866. The molecule has 0 radical (unpaired) electrons. The van der Waals surface area contributed by atoms with Crippen LogP contribution in [0, 0.1) is 17.3 Å². The largest absolute Gasteiger partial charge is 0.496 e. The van der Waals surface area contributed by atoms with Crippen molar-refractivity contribution >= 4 is 24.7 Å². The number of carbonyl (C=O) groups excluding carboxylic acids is 1. The van der Waals surface area contributed by atoms with Crippen molar-refractivity contribution in [3.05, 3.63) is 29.3 Å². The van der Waals surface area contributed by atoms with Crippen LogP contribution in [-0.2, 0) is 20.5 Å². The third-order valence-electron chi connectivity index (χ3n) is 7.60. The van der Waals surface area contributed by atoms with Crippen LogP contribution in [0.5, 0.6) is 5.75 Å². The highest BCUT2D eigenvalue weighted by Gasteiger charge is 2.68. The van der Waals surface area contributed by atoms with E-state index in [0.29, 0.717) is 29.6 Å². The van der Waals surface area contributed by atoms with Gasteiger partial charge >= 0.3 is 13.1 Å². The van der Waals surface area contributed by atoms with Crippen LogP contribution in [0.4, 0.5) is 0 Å². The van der Waals surface area contributed by atoms with Crippen LogP contribution in [0.1, 0.15) is 70.3 Å². The van der Waals surface area contributed by atoms with Gasteiger partial charge < -0.3 is 18.8 Å². The molecule has 0 spiro atoms. The predicted octanol–water partition coefficient (Wildman–Crippen LogP) is 5.07. The van der Waals surface area contributed by atoms with Crippen LogP contribution in [0.2, 0.25) is 0 Å². The summed E-state index contributed by atoms with van der Waals surface area (Å²) < 4.78 is 24.0. The summed E-state index contributed by atoms with van der Waals surface area (Å²) in [6, 6.07) is 5.47. The SMILES string of the molecule is COc1c(CC(Cl)B2OC3C[C@@H]4C[C@@H](C4(C)C)[C@]3(C)O2)cccc1C(=O)OC(C)(C)C. The van der Waals surface area contributed by atoms with Gasteiger partial charge in [-0.05, 0) is 75.8 Å². The van der Waals surface area contributed by atoms with Crippen molar-refractivity contribution in [3.63, 3.8) is 0 Å². The molecule has 5 nitrogen and oxygen atoms in total. The molecule has 170 valence electrons. The molecule has 5 rings (SSSR count).